The molecule has 0 unspecified atom stereocenters. The van der Waals surface area contributed by atoms with Gasteiger partial charge in [0.2, 0.25) is 0 Å². The molecule has 110 valence electrons. The van der Waals surface area contributed by atoms with E-state index in [0.29, 0.717) is 11.3 Å². The predicted molar refractivity (Wildman–Crippen MR) is 82.0 cm³/mol. The first-order valence-electron chi connectivity index (χ1n) is 5.68. The summed E-state index contributed by atoms with van der Waals surface area (Å²) in [4.78, 5) is 0. The van der Waals surface area contributed by atoms with Crippen molar-refractivity contribution >= 4 is 28.3 Å². The Kier molecular flexibility index (Phi) is 6.62. The summed E-state index contributed by atoms with van der Waals surface area (Å²) in [7, 11) is 1.47. The van der Waals surface area contributed by atoms with Gasteiger partial charge in [-0.05, 0) is 17.5 Å². The lowest BCUT2D eigenvalue weighted by Gasteiger charge is -2.31. The molecule has 0 aliphatic heterocycles. The maximum Gasteiger partial charge on any atom is 0.162 e. The molecular formula is C13H21BrClNO3. The van der Waals surface area contributed by atoms with Crippen molar-refractivity contribution in [3.8, 4) is 11.5 Å². The van der Waals surface area contributed by atoms with E-state index in [-0.39, 0.29) is 23.6 Å². The van der Waals surface area contributed by atoms with Gasteiger partial charge in [0.15, 0.2) is 11.5 Å². The van der Waals surface area contributed by atoms with Crippen LogP contribution in [0.4, 0.5) is 0 Å². The summed E-state index contributed by atoms with van der Waals surface area (Å²) in [6.07, 6.45) is -0.776. The first kappa shape index (κ1) is 18.5. The molecule has 0 aliphatic carbocycles. The number of aromatic hydroxyl groups is 1. The number of phenols is 1. The van der Waals surface area contributed by atoms with Gasteiger partial charge in [0.05, 0.1) is 19.3 Å². The lowest BCUT2D eigenvalue weighted by Crippen LogP contribution is -2.37. The Morgan fingerprint density at radius 3 is 2.26 bits per heavy atom. The van der Waals surface area contributed by atoms with Gasteiger partial charge in [-0.3, -0.25) is 0 Å². The number of hydrogen-bond acceptors (Lipinski definition) is 4. The van der Waals surface area contributed by atoms with Crippen LogP contribution < -0.4 is 10.5 Å². The molecule has 0 saturated carbocycles. The van der Waals surface area contributed by atoms with E-state index in [9.17, 15) is 10.2 Å². The number of nitrogens with two attached hydrogens (primary N) is 1. The number of hydrogen-bond donors (Lipinski definition) is 3. The van der Waals surface area contributed by atoms with Crippen LogP contribution in [0.1, 0.15) is 32.4 Å². The number of ether oxygens (including phenoxy) is 1. The van der Waals surface area contributed by atoms with Crippen LogP contribution >= 0.6 is 28.3 Å². The molecule has 0 bridgehead atoms. The summed E-state index contributed by atoms with van der Waals surface area (Å²) < 4.78 is 5.80. The third kappa shape index (κ3) is 4.24. The van der Waals surface area contributed by atoms with Crippen LogP contribution in [0, 0.1) is 5.41 Å². The van der Waals surface area contributed by atoms with Crippen LogP contribution in [0.2, 0.25) is 0 Å². The molecule has 0 heterocycles. The first-order valence-corrected chi connectivity index (χ1v) is 6.47. The third-order valence-corrected chi connectivity index (χ3v) is 3.33. The lowest BCUT2D eigenvalue weighted by atomic mass is 9.82. The van der Waals surface area contributed by atoms with Crippen molar-refractivity contribution in [2.75, 3.05) is 7.11 Å². The minimum absolute atomic E-state index is 0. The first-order chi connectivity index (χ1) is 8.18. The molecule has 1 aromatic carbocycles. The number of methoxy groups -OCH3 is 1. The monoisotopic (exact) mass is 353 g/mol. The zero-order chi connectivity index (χ0) is 14.1. The second-order valence-electron chi connectivity index (χ2n) is 5.38. The SMILES string of the molecule is COc1cc(Br)cc([C@H](N)[C@H](O)C(C)(C)C)c1O.Cl. The van der Waals surface area contributed by atoms with Gasteiger partial charge in [0, 0.05) is 10.0 Å². The van der Waals surface area contributed by atoms with Gasteiger partial charge in [0.1, 0.15) is 0 Å². The molecule has 0 radical (unpaired) electrons. The molecule has 0 saturated heterocycles. The van der Waals surface area contributed by atoms with Crippen LogP contribution in [0.15, 0.2) is 16.6 Å². The molecule has 4 nitrogen and oxygen atoms in total. The predicted octanol–water partition coefficient (Wildman–Crippen LogP) is 2.99. The highest BCUT2D eigenvalue weighted by Crippen LogP contribution is 2.39. The summed E-state index contributed by atoms with van der Waals surface area (Å²) in [6, 6.07) is 2.66. The topological polar surface area (TPSA) is 75.7 Å². The quantitative estimate of drug-likeness (QED) is 0.780. The van der Waals surface area contributed by atoms with Gasteiger partial charge in [0.25, 0.3) is 0 Å². The van der Waals surface area contributed by atoms with E-state index in [2.05, 4.69) is 15.9 Å². The fourth-order valence-electron chi connectivity index (χ4n) is 1.71. The molecule has 2 atom stereocenters. The summed E-state index contributed by atoms with van der Waals surface area (Å²) in [5, 5.41) is 20.3. The molecule has 0 aromatic heterocycles. The summed E-state index contributed by atoms with van der Waals surface area (Å²) >= 11 is 3.33. The van der Waals surface area contributed by atoms with Gasteiger partial charge < -0.3 is 20.7 Å². The Hall–Kier alpha value is -0.490. The van der Waals surface area contributed by atoms with E-state index >= 15 is 0 Å². The minimum Gasteiger partial charge on any atom is -0.504 e. The normalized spacial score (nSPS) is 14.5. The van der Waals surface area contributed by atoms with Gasteiger partial charge >= 0.3 is 0 Å². The summed E-state index contributed by atoms with van der Waals surface area (Å²) in [5.41, 5.74) is 6.12. The lowest BCUT2D eigenvalue weighted by molar-refractivity contribution is 0.0394. The van der Waals surface area contributed by atoms with E-state index in [1.807, 2.05) is 20.8 Å². The Morgan fingerprint density at radius 1 is 1.32 bits per heavy atom. The fourth-order valence-corrected chi connectivity index (χ4v) is 2.17. The zero-order valence-corrected chi connectivity index (χ0v) is 13.9. The van der Waals surface area contributed by atoms with E-state index in [0.717, 1.165) is 4.47 Å². The Bertz CT molecular complexity index is 435. The van der Waals surface area contributed by atoms with Crippen molar-refractivity contribution in [1.29, 1.82) is 0 Å². The maximum absolute atomic E-state index is 10.2. The smallest absolute Gasteiger partial charge is 0.162 e. The average molecular weight is 355 g/mol. The largest absolute Gasteiger partial charge is 0.504 e. The number of rotatable bonds is 3. The van der Waals surface area contributed by atoms with Crippen LogP contribution in [-0.4, -0.2) is 23.4 Å². The van der Waals surface area contributed by atoms with Crippen LogP contribution in [0.3, 0.4) is 0 Å². The van der Waals surface area contributed by atoms with Gasteiger partial charge in [-0.25, -0.2) is 0 Å². The van der Waals surface area contributed by atoms with Crippen LogP contribution in [0.5, 0.6) is 11.5 Å². The summed E-state index contributed by atoms with van der Waals surface area (Å²) in [5.74, 6) is 0.299. The second kappa shape index (κ2) is 6.79. The molecule has 1 rings (SSSR count). The molecule has 0 spiro atoms. The highest BCUT2D eigenvalue weighted by molar-refractivity contribution is 9.10. The molecule has 4 N–H and O–H groups in total. The summed E-state index contributed by atoms with van der Waals surface area (Å²) in [6.45, 7) is 5.68. The van der Waals surface area contributed by atoms with E-state index in [1.54, 1.807) is 12.1 Å². The number of phenolic OH excluding ortho intramolecular Hbond substituents is 1. The van der Waals surface area contributed by atoms with Crippen molar-refractivity contribution in [3.63, 3.8) is 0 Å². The molecule has 1 aromatic rings. The van der Waals surface area contributed by atoms with E-state index in [4.69, 9.17) is 10.5 Å². The van der Waals surface area contributed by atoms with E-state index in [1.165, 1.54) is 7.11 Å². The molecule has 6 heteroatoms. The highest BCUT2D eigenvalue weighted by Gasteiger charge is 2.31. The van der Waals surface area contributed by atoms with Crippen molar-refractivity contribution in [3.05, 3.63) is 22.2 Å². The number of benzene rings is 1. The molecule has 0 fully saturated rings. The maximum atomic E-state index is 10.2. The van der Waals surface area contributed by atoms with Crippen LogP contribution in [0.25, 0.3) is 0 Å². The molecular weight excluding hydrogens is 334 g/mol. The highest BCUT2D eigenvalue weighted by atomic mass is 79.9. The van der Waals surface area contributed by atoms with Gasteiger partial charge in [-0.1, -0.05) is 36.7 Å². The molecule has 0 aliphatic rings. The fraction of sp³-hybridized carbons (Fsp3) is 0.538. The third-order valence-electron chi connectivity index (χ3n) is 2.88. The molecule has 19 heavy (non-hydrogen) atoms. The average Bonchev–Trinajstić information content (AvgIpc) is 2.28. The van der Waals surface area contributed by atoms with Gasteiger partial charge in [-0.15, -0.1) is 12.4 Å². The zero-order valence-electron chi connectivity index (χ0n) is 11.5. The number of aliphatic hydroxyl groups excluding tert-OH is 1. The van der Waals surface area contributed by atoms with Crippen molar-refractivity contribution < 1.29 is 14.9 Å². The van der Waals surface area contributed by atoms with Gasteiger partial charge in [-0.2, -0.15) is 0 Å². The number of halogens is 2. The minimum atomic E-state index is -0.776. The van der Waals surface area contributed by atoms with Crippen molar-refractivity contribution in [1.82, 2.24) is 0 Å². The number of aliphatic hydroxyl groups is 1. The Balaban J connectivity index is 0.00000324. The second-order valence-corrected chi connectivity index (χ2v) is 6.30. The Labute approximate surface area is 128 Å². The van der Waals surface area contributed by atoms with Crippen molar-refractivity contribution in [2.24, 2.45) is 11.1 Å². The van der Waals surface area contributed by atoms with Crippen LogP contribution in [-0.2, 0) is 0 Å². The van der Waals surface area contributed by atoms with E-state index < -0.39 is 12.1 Å². The standard InChI is InChI=1S/C13H20BrNO3.ClH/c1-13(2,3)12(17)10(15)8-5-7(14)6-9(18-4)11(8)16;/h5-6,10,12,16-17H,15H2,1-4H3;1H/t10-,12-;/m0./s1. The Morgan fingerprint density at radius 2 is 1.84 bits per heavy atom. The molecule has 0 amide bonds. The van der Waals surface area contributed by atoms with Crippen molar-refractivity contribution in [2.45, 2.75) is 32.9 Å².